The molecule has 23 heavy (non-hydrogen) atoms. The number of para-hydroxylation sites is 1. The summed E-state index contributed by atoms with van der Waals surface area (Å²) in [5.41, 5.74) is 3.58. The summed E-state index contributed by atoms with van der Waals surface area (Å²) >= 11 is 5.61. The molecule has 0 aliphatic rings. The molecule has 4 nitrogen and oxygen atoms in total. The van der Waals surface area contributed by atoms with Crippen molar-refractivity contribution in [1.82, 2.24) is 0 Å². The molecule has 5 heteroatoms. The molecule has 0 amide bonds. The molecule has 0 saturated heterocycles. The first kappa shape index (κ1) is 17.0. The summed E-state index contributed by atoms with van der Waals surface area (Å²) in [6, 6.07) is 13.3. The average Bonchev–Trinajstić information content (AvgIpc) is 2.52. The van der Waals surface area contributed by atoms with E-state index >= 15 is 0 Å². The van der Waals surface area contributed by atoms with Crippen LogP contribution in [0.1, 0.15) is 22.3 Å². The number of rotatable bonds is 6. The van der Waals surface area contributed by atoms with Crippen LogP contribution in [0.15, 0.2) is 47.6 Å². The monoisotopic (exact) mass is 331 g/mol. The molecule has 0 aromatic heterocycles. The normalized spacial score (nSPS) is 11.2. The van der Waals surface area contributed by atoms with Gasteiger partial charge in [0, 0.05) is 5.56 Å². The lowest BCUT2D eigenvalue weighted by Gasteiger charge is -2.14. The molecule has 0 atom stereocenters. The van der Waals surface area contributed by atoms with Crippen LogP contribution in [0.2, 0.25) is 0 Å². The lowest BCUT2D eigenvalue weighted by atomic mass is 10.0. The van der Waals surface area contributed by atoms with Crippen molar-refractivity contribution < 1.29 is 14.4 Å². The predicted octanol–water partition coefficient (Wildman–Crippen LogP) is 4.00. The van der Waals surface area contributed by atoms with Crippen LogP contribution in [0.3, 0.4) is 0 Å². The quantitative estimate of drug-likeness (QED) is 0.456. The van der Waals surface area contributed by atoms with E-state index in [1.165, 1.54) is 7.11 Å². The number of hydrogen-bond donors (Lipinski definition) is 0. The standard InChI is InChI=1S/C18H18ClNO3/c1-12-7-6-8-13(2)17(12)23-11-14-9-4-5-10-15(14)16(18(19)21)20-22-3/h4-10H,11H2,1-3H3/b20-16+. The molecule has 2 aromatic carbocycles. The first-order valence-electron chi connectivity index (χ1n) is 7.13. The Morgan fingerprint density at radius 3 is 2.35 bits per heavy atom. The molecule has 0 bridgehead atoms. The smallest absolute Gasteiger partial charge is 0.274 e. The van der Waals surface area contributed by atoms with Crippen molar-refractivity contribution in [2.24, 2.45) is 5.16 Å². The van der Waals surface area contributed by atoms with Crippen LogP contribution in [-0.2, 0) is 16.2 Å². The zero-order chi connectivity index (χ0) is 16.8. The summed E-state index contributed by atoms with van der Waals surface area (Å²) in [5.74, 6) is 0.838. The molecule has 0 N–H and O–H groups in total. The maximum atomic E-state index is 11.6. The van der Waals surface area contributed by atoms with E-state index < -0.39 is 5.24 Å². The lowest BCUT2D eigenvalue weighted by molar-refractivity contribution is -0.106. The molecule has 0 fully saturated rings. The minimum atomic E-state index is -0.675. The molecule has 0 saturated carbocycles. The second-order valence-electron chi connectivity index (χ2n) is 5.06. The van der Waals surface area contributed by atoms with Crippen LogP contribution < -0.4 is 4.74 Å². The molecule has 2 rings (SSSR count). The number of halogens is 1. The molecule has 0 radical (unpaired) electrons. The summed E-state index contributed by atoms with van der Waals surface area (Å²) in [5, 5.41) is 3.05. The van der Waals surface area contributed by atoms with Crippen molar-refractivity contribution in [2.45, 2.75) is 20.5 Å². The van der Waals surface area contributed by atoms with E-state index in [0.717, 1.165) is 22.4 Å². The van der Waals surface area contributed by atoms with Gasteiger partial charge in [-0.15, -0.1) is 0 Å². The van der Waals surface area contributed by atoms with Gasteiger partial charge in [0.1, 0.15) is 19.5 Å². The Kier molecular flexibility index (Phi) is 5.77. The number of carbonyl (C=O) groups excluding carboxylic acids is 1. The molecular formula is C18H18ClNO3. The van der Waals surface area contributed by atoms with Gasteiger partial charge in [0.25, 0.3) is 5.24 Å². The van der Waals surface area contributed by atoms with Gasteiger partial charge >= 0.3 is 0 Å². The predicted molar refractivity (Wildman–Crippen MR) is 91.1 cm³/mol. The number of hydrogen-bond acceptors (Lipinski definition) is 4. The second kappa shape index (κ2) is 7.79. The van der Waals surface area contributed by atoms with Crippen LogP contribution in [0.5, 0.6) is 5.75 Å². The van der Waals surface area contributed by atoms with Crippen LogP contribution in [-0.4, -0.2) is 18.1 Å². The van der Waals surface area contributed by atoms with E-state index in [4.69, 9.17) is 21.2 Å². The zero-order valence-electron chi connectivity index (χ0n) is 13.3. The second-order valence-corrected chi connectivity index (χ2v) is 5.41. The minimum absolute atomic E-state index is 0.0647. The first-order chi connectivity index (χ1) is 11.0. The lowest BCUT2D eigenvalue weighted by Crippen LogP contribution is -2.14. The largest absolute Gasteiger partial charge is 0.488 e. The van der Waals surface area contributed by atoms with Crippen molar-refractivity contribution in [3.63, 3.8) is 0 Å². The Morgan fingerprint density at radius 1 is 1.09 bits per heavy atom. The fourth-order valence-electron chi connectivity index (χ4n) is 2.34. The average molecular weight is 332 g/mol. The van der Waals surface area contributed by atoms with Crippen LogP contribution in [0, 0.1) is 13.8 Å². The summed E-state index contributed by atoms with van der Waals surface area (Å²) in [4.78, 5) is 16.3. The summed E-state index contributed by atoms with van der Waals surface area (Å²) in [6.07, 6.45) is 0. The first-order valence-corrected chi connectivity index (χ1v) is 7.50. The summed E-state index contributed by atoms with van der Waals surface area (Å²) in [7, 11) is 1.37. The molecule has 0 aliphatic carbocycles. The highest BCUT2D eigenvalue weighted by Crippen LogP contribution is 2.24. The molecule has 2 aromatic rings. The van der Waals surface area contributed by atoms with Gasteiger partial charge in [0.15, 0.2) is 5.71 Å². The van der Waals surface area contributed by atoms with E-state index in [1.54, 1.807) is 6.07 Å². The molecule has 120 valence electrons. The number of aryl methyl sites for hydroxylation is 2. The maximum Gasteiger partial charge on any atom is 0.274 e. The fourth-order valence-corrected chi connectivity index (χ4v) is 2.47. The Morgan fingerprint density at radius 2 is 1.74 bits per heavy atom. The maximum absolute atomic E-state index is 11.6. The van der Waals surface area contributed by atoms with Gasteiger partial charge in [-0.1, -0.05) is 47.6 Å². The Bertz CT molecular complexity index is 721. The van der Waals surface area contributed by atoms with E-state index in [9.17, 15) is 4.79 Å². The van der Waals surface area contributed by atoms with E-state index in [1.807, 2.05) is 50.2 Å². The topological polar surface area (TPSA) is 47.9 Å². The van der Waals surface area contributed by atoms with Crippen LogP contribution in [0.25, 0.3) is 0 Å². The van der Waals surface area contributed by atoms with Crippen LogP contribution >= 0.6 is 11.6 Å². The molecule has 0 aliphatic heterocycles. The number of ether oxygens (including phenoxy) is 1. The summed E-state index contributed by atoms with van der Waals surface area (Å²) < 4.78 is 5.95. The van der Waals surface area contributed by atoms with Gasteiger partial charge in [-0.3, -0.25) is 4.79 Å². The number of carbonyl (C=O) groups is 1. The number of nitrogens with zero attached hydrogens (tertiary/aromatic N) is 1. The van der Waals surface area contributed by atoms with Crippen molar-refractivity contribution in [3.05, 3.63) is 64.7 Å². The van der Waals surface area contributed by atoms with E-state index in [-0.39, 0.29) is 5.71 Å². The van der Waals surface area contributed by atoms with Crippen molar-refractivity contribution >= 4 is 22.6 Å². The van der Waals surface area contributed by atoms with E-state index in [2.05, 4.69) is 5.16 Å². The highest BCUT2D eigenvalue weighted by atomic mass is 35.5. The number of oxime groups is 1. The molecule has 0 unspecified atom stereocenters. The van der Waals surface area contributed by atoms with Gasteiger partial charge in [0.05, 0.1) is 0 Å². The van der Waals surface area contributed by atoms with Crippen molar-refractivity contribution in [1.29, 1.82) is 0 Å². The van der Waals surface area contributed by atoms with Gasteiger partial charge in [-0.2, -0.15) is 0 Å². The van der Waals surface area contributed by atoms with Gasteiger partial charge in [-0.25, -0.2) is 0 Å². The molecule has 0 heterocycles. The minimum Gasteiger partial charge on any atom is -0.488 e. The van der Waals surface area contributed by atoms with Crippen molar-refractivity contribution in [2.75, 3.05) is 7.11 Å². The highest BCUT2D eigenvalue weighted by molar-refractivity contribution is 6.84. The SMILES string of the molecule is CO/N=C(/C(=O)Cl)c1ccccc1COc1c(C)cccc1C. The Hall–Kier alpha value is -2.33. The summed E-state index contributed by atoms with van der Waals surface area (Å²) in [6.45, 7) is 4.29. The van der Waals surface area contributed by atoms with E-state index in [0.29, 0.717) is 12.2 Å². The van der Waals surface area contributed by atoms with Crippen LogP contribution in [0.4, 0.5) is 0 Å². The fraction of sp³-hybridized carbons (Fsp3) is 0.222. The number of benzene rings is 2. The van der Waals surface area contributed by atoms with Crippen molar-refractivity contribution in [3.8, 4) is 5.75 Å². The van der Waals surface area contributed by atoms with Gasteiger partial charge in [0.2, 0.25) is 0 Å². The van der Waals surface area contributed by atoms with Gasteiger partial charge in [-0.05, 0) is 42.1 Å². The third kappa shape index (κ3) is 4.11. The molecular weight excluding hydrogens is 314 g/mol. The third-order valence-electron chi connectivity index (χ3n) is 3.42. The highest BCUT2D eigenvalue weighted by Gasteiger charge is 2.17. The third-order valence-corrected chi connectivity index (χ3v) is 3.60. The molecule has 0 spiro atoms. The Labute approximate surface area is 140 Å². The van der Waals surface area contributed by atoms with Gasteiger partial charge < -0.3 is 9.57 Å². The zero-order valence-corrected chi connectivity index (χ0v) is 14.1. The Balaban J connectivity index is 2.31.